The molecule has 0 bridgehead atoms. The number of rotatable bonds is 4. The summed E-state index contributed by atoms with van der Waals surface area (Å²) in [5, 5.41) is 0. The number of hydrogen-bond donors (Lipinski definition) is 0. The van der Waals surface area contributed by atoms with E-state index in [0.717, 1.165) is 11.3 Å². The molecule has 138 valence electrons. The fourth-order valence-corrected chi connectivity index (χ4v) is 3.17. The Morgan fingerprint density at radius 2 is 1.67 bits per heavy atom. The Labute approximate surface area is 157 Å². The van der Waals surface area contributed by atoms with Crippen LogP contribution in [0.4, 0.5) is 16.2 Å². The van der Waals surface area contributed by atoms with Gasteiger partial charge in [-0.25, -0.2) is 24.3 Å². The van der Waals surface area contributed by atoms with Crippen molar-refractivity contribution in [2.75, 3.05) is 36.0 Å². The maximum absolute atomic E-state index is 14.5. The molecule has 1 aliphatic rings. The lowest BCUT2D eigenvalue weighted by Gasteiger charge is -2.35. The summed E-state index contributed by atoms with van der Waals surface area (Å²) in [5.74, 6) is 0.749. The molecule has 0 spiro atoms. The molecule has 4 heterocycles. The number of hydrogen-bond acceptors (Lipinski definition) is 7. The molecule has 0 radical (unpaired) electrons. The summed E-state index contributed by atoms with van der Waals surface area (Å²) in [7, 11) is 0. The Bertz CT molecular complexity index is 911. The van der Waals surface area contributed by atoms with Crippen molar-refractivity contribution < 1.29 is 4.39 Å². The summed E-state index contributed by atoms with van der Waals surface area (Å²) < 4.78 is 14.5. The van der Waals surface area contributed by atoms with Crippen molar-refractivity contribution >= 4 is 11.8 Å². The number of piperazine rings is 1. The zero-order valence-electron chi connectivity index (χ0n) is 15.1. The van der Waals surface area contributed by atoms with E-state index in [2.05, 4.69) is 29.8 Å². The second-order valence-electron chi connectivity index (χ2n) is 6.26. The Morgan fingerprint density at radius 1 is 0.926 bits per heavy atom. The van der Waals surface area contributed by atoms with E-state index < -0.39 is 0 Å². The van der Waals surface area contributed by atoms with Gasteiger partial charge in [-0.1, -0.05) is 6.92 Å². The van der Waals surface area contributed by atoms with Gasteiger partial charge in [0, 0.05) is 50.3 Å². The normalized spacial score (nSPS) is 14.4. The third kappa shape index (κ3) is 3.55. The number of nitrogens with zero attached hydrogens (tertiary/aromatic N) is 7. The van der Waals surface area contributed by atoms with Crippen LogP contribution < -0.4 is 9.80 Å². The molecule has 0 aliphatic carbocycles. The van der Waals surface area contributed by atoms with Crippen LogP contribution in [0, 0.1) is 5.82 Å². The first-order valence-corrected chi connectivity index (χ1v) is 8.99. The molecule has 1 aliphatic heterocycles. The first kappa shape index (κ1) is 17.3. The molecule has 4 rings (SSSR count). The van der Waals surface area contributed by atoms with Crippen molar-refractivity contribution in [1.82, 2.24) is 24.9 Å². The number of halogens is 1. The van der Waals surface area contributed by atoms with Gasteiger partial charge in [0.05, 0.1) is 11.4 Å². The quantitative estimate of drug-likeness (QED) is 0.703. The number of aryl methyl sites for hydroxylation is 1. The predicted octanol–water partition coefficient (Wildman–Crippen LogP) is 2.36. The number of aromatic nitrogens is 5. The van der Waals surface area contributed by atoms with Gasteiger partial charge in [0.15, 0.2) is 11.6 Å². The van der Waals surface area contributed by atoms with Crippen molar-refractivity contribution in [2.24, 2.45) is 0 Å². The molecule has 0 aromatic carbocycles. The van der Waals surface area contributed by atoms with Gasteiger partial charge in [0.2, 0.25) is 5.95 Å². The third-order valence-corrected chi connectivity index (χ3v) is 4.66. The highest BCUT2D eigenvalue weighted by Crippen LogP contribution is 2.22. The summed E-state index contributed by atoms with van der Waals surface area (Å²) >= 11 is 0. The molecule has 7 nitrogen and oxygen atoms in total. The van der Waals surface area contributed by atoms with Crippen LogP contribution in [0.1, 0.15) is 12.6 Å². The van der Waals surface area contributed by atoms with Gasteiger partial charge < -0.3 is 9.80 Å². The maximum atomic E-state index is 14.5. The van der Waals surface area contributed by atoms with E-state index in [9.17, 15) is 4.39 Å². The van der Waals surface area contributed by atoms with Gasteiger partial charge in [-0.05, 0) is 24.6 Å². The van der Waals surface area contributed by atoms with Crippen LogP contribution >= 0.6 is 0 Å². The monoisotopic (exact) mass is 365 g/mol. The Morgan fingerprint density at radius 3 is 2.41 bits per heavy atom. The minimum atomic E-state index is -0.315. The molecule has 0 amide bonds. The highest BCUT2D eigenvalue weighted by Gasteiger charge is 2.23. The molecule has 0 unspecified atom stereocenters. The summed E-state index contributed by atoms with van der Waals surface area (Å²) in [6.45, 7) is 4.59. The zero-order valence-corrected chi connectivity index (χ0v) is 15.1. The molecule has 27 heavy (non-hydrogen) atoms. The van der Waals surface area contributed by atoms with Gasteiger partial charge in [0.1, 0.15) is 6.33 Å². The maximum Gasteiger partial charge on any atom is 0.225 e. The summed E-state index contributed by atoms with van der Waals surface area (Å²) in [5.41, 5.74) is 2.32. The minimum Gasteiger partial charge on any atom is -0.351 e. The fraction of sp³-hybridized carbons (Fsp3) is 0.316. The number of pyridine rings is 1. The molecule has 1 saturated heterocycles. The average Bonchev–Trinajstić information content (AvgIpc) is 2.75. The van der Waals surface area contributed by atoms with E-state index in [4.69, 9.17) is 0 Å². The van der Waals surface area contributed by atoms with Crippen molar-refractivity contribution in [1.29, 1.82) is 0 Å². The van der Waals surface area contributed by atoms with Gasteiger partial charge in [-0.2, -0.15) is 0 Å². The average molecular weight is 365 g/mol. The molecule has 8 heteroatoms. The lowest BCUT2D eigenvalue weighted by molar-refractivity contribution is 0.566. The van der Waals surface area contributed by atoms with E-state index in [1.807, 2.05) is 30.0 Å². The highest BCUT2D eigenvalue weighted by molar-refractivity contribution is 5.59. The highest BCUT2D eigenvalue weighted by atomic mass is 19.1. The summed E-state index contributed by atoms with van der Waals surface area (Å²) in [6.07, 6.45) is 7.25. The smallest absolute Gasteiger partial charge is 0.225 e. The van der Waals surface area contributed by atoms with E-state index in [1.54, 1.807) is 18.6 Å². The van der Waals surface area contributed by atoms with Crippen molar-refractivity contribution in [3.63, 3.8) is 0 Å². The molecular weight excluding hydrogens is 345 g/mol. The van der Waals surface area contributed by atoms with E-state index in [0.29, 0.717) is 50.1 Å². The van der Waals surface area contributed by atoms with Crippen LogP contribution in [-0.4, -0.2) is 51.1 Å². The van der Waals surface area contributed by atoms with E-state index in [1.165, 1.54) is 6.33 Å². The Hall–Kier alpha value is -3.16. The van der Waals surface area contributed by atoms with Crippen molar-refractivity contribution in [3.8, 4) is 11.3 Å². The largest absolute Gasteiger partial charge is 0.351 e. The van der Waals surface area contributed by atoms with Crippen molar-refractivity contribution in [3.05, 3.63) is 54.6 Å². The molecule has 3 aromatic heterocycles. The second-order valence-corrected chi connectivity index (χ2v) is 6.26. The SMILES string of the molecule is CCc1ncnc(N2CCN(c3nccc(-c4ccncc4)n3)CC2)c1F. The first-order valence-electron chi connectivity index (χ1n) is 8.99. The lowest BCUT2D eigenvalue weighted by atomic mass is 10.2. The molecule has 3 aromatic rings. The van der Waals surface area contributed by atoms with Crippen LogP contribution in [0.2, 0.25) is 0 Å². The Balaban J connectivity index is 1.49. The van der Waals surface area contributed by atoms with Gasteiger partial charge in [-0.3, -0.25) is 4.98 Å². The molecule has 0 atom stereocenters. The fourth-order valence-electron chi connectivity index (χ4n) is 3.17. The molecule has 0 N–H and O–H groups in total. The lowest BCUT2D eigenvalue weighted by Crippen LogP contribution is -2.47. The van der Waals surface area contributed by atoms with Crippen molar-refractivity contribution in [2.45, 2.75) is 13.3 Å². The summed E-state index contributed by atoms with van der Waals surface area (Å²) in [4.78, 5) is 25.4. The van der Waals surface area contributed by atoms with Gasteiger partial charge in [-0.15, -0.1) is 0 Å². The number of anilines is 2. The van der Waals surface area contributed by atoms with Crippen LogP contribution in [0.15, 0.2) is 43.1 Å². The molecular formula is C19H20FN7. The van der Waals surface area contributed by atoms with Crippen LogP contribution in [0.5, 0.6) is 0 Å². The Kier molecular flexibility index (Phi) is 4.86. The summed E-state index contributed by atoms with van der Waals surface area (Å²) in [6, 6.07) is 5.73. The van der Waals surface area contributed by atoms with Crippen LogP contribution in [0.3, 0.4) is 0 Å². The molecule has 0 saturated carbocycles. The first-order chi connectivity index (χ1) is 13.3. The topological polar surface area (TPSA) is 70.9 Å². The third-order valence-electron chi connectivity index (χ3n) is 4.66. The van der Waals surface area contributed by atoms with E-state index in [-0.39, 0.29) is 5.82 Å². The molecule has 1 fully saturated rings. The van der Waals surface area contributed by atoms with Gasteiger partial charge >= 0.3 is 0 Å². The standard InChI is InChI=1S/C19H20FN7/c1-2-15-17(20)18(24-13-23-15)26-9-11-27(12-10-26)19-22-8-5-16(25-19)14-3-6-21-7-4-14/h3-8,13H,2,9-12H2,1H3. The predicted molar refractivity (Wildman–Crippen MR) is 101 cm³/mol. The van der Waals surface area contributed by atoms with Gasteiger partial charge in [0.25, 0.3) is 0 Å². The van der Waals surface area contributed by atoms with Crippen LogP contribution in [0.25, 0.3) is 11.3 Å². The minimum absolute atomic E-state index is 0.315. The van der Waals surface area contributed by atoms with E-state index >= 15 is 0 Å². The second kappa shape index (κ2) is 7.61. The zero-order chi connectivity index (χ0) is 18.6. The van der Waals surface area contributed by atoms with Crippen LogP contribution in [-0.2, 0) is 6.42 Å².